The van der Waals surface area contributed by atoms with Gasteiger partial charge in [-0.1, -0.05) is 0 Å². The maximum absolute atomic E-state index is 8.57. The van der Waals surface area contributed by atoms with E-state index in [9.17, 15) is 0 Å². The van der Waals surface area contributed by atoms with Crippen LogP contribution in [-0.4, -0.2) is 27.3 Å². The SMILES string of the molecule is [O]=[Ce]=[O].[PbH2]. The Hall–Kier alpha value is 1.90. The summed E-state index contributed by atoms with van der Waals surface area (Å²) >= 11 is -2.42. The van der Waals surface area contributed by atoms with Gasteiger partial charge in [0.2, 0.25) is 0 Å². The molecule has 0 spiro atoms. The summed E-state index contributed by atoms with van der Waals surface area (Å²) in [7, 11) is 0. The molecule has 2 nitrogen and oxygen atoms in total. The van der Waals surface area contributed by atoms with Gasteiger partial charge in [-0.05, 0) is 0 Å². The van der Waals surface area contributed by atoms with E-state index in [1.54, 1.807) is 0 Å². The summed E-state index contributed by atoms with van der Waals surface area (Å²) in [6.45, 7) is 0. The standard InChI is InChI=1S/Ce.2O.Pb.2H. The van der Waals surface area contributed by atoms with E-state index in [-0.39, 0.29) is 27.3 Å². The van der Waals surface area contributed by atoms with E-state index in [0.29, 0.717) is 0 Å². The van der Waals surface area contributed by atoms with Crippen LogP contribution < -0.4 is 0 Å². The van der Waals surface area contributed by atoms with Gasteiger partial charge in [0.1, 0.15) is 0 Å². The maximum atomic E-state index is 8.57. The summed E-state index contributed by atoms with van der Waals surface area (Å²) in [4.78, 5) is 0. The molecule has 0 unspecified atom stereocenters. The Morgan fingerprint density at radius 2 is 1.25 bits per heavy atom. The van der Waals surface area contributed by atoms with E-state index >= 15 is 0 Å². The average Bonchev–Trinajstić information content (AvgIpc) is 0.918. The van der Waals surface area contributed by atoms with Crippen LogP contribution in [0.3, 0.4) is 0 Å². The Kier molecular flexibility index (Phi) is 20.6. The van der Waals surface area contributed by atoms with Crippen molar-refractivity contribution in [2.24, 2.45) is 0 Å². The van der Waals surface area contributed by atoms with Crippen molar-refractivity contribution in [1.29, 1.82) is 0 Å². The zero-order chi connectivity index (χ0) is 2.71. The second-order valence-corrected chi connectivity index (χ2v) is 0.607. The molecule has 22 valence electrons. The zero-order valence-electron chi connectivity index (χ0n) is 2.02. The molecular formula is H2CeO2Pb. The Morgan fingerprint density at radius 1 is 1.25 bits per heavy atom. The van der Waals surface area contributed by atoms with Crippen molar-refractivity contribution in [2.75, 3.05) is 0 Å². The van der Waals surface area contributed by atoms with Gasteiger partial charge < -0.3 is 0 Å². The van der Waals surface area contributed by atoms with Crippen LogP contribution >= 0.6 is 0 Å². The number of hydrogen-bond donors (Lipinski definition) is 0. The Labute approximate surface area is 65.5 Å². The number of hydrogen-bond acceptors (Lipinski definition) is 2. The third-order valence-corrected chi connectivity index (χ3v) is 0. The normalized spacial score (nSPS) is 2.00. The molecule has 0 aromatic rings. The first-order chi connectivity index (χ1) is 1.41. The van der Waals surface area contributed by atoms with Crippen LogP contribution in [-0.2, 0) is 1.88 Å². The first-order valence-electron chi connectivity index (χ1n) is 0.408. The van der Waals surface area contributed by atoms with Crippen LogP contribution in [0, 0.1) is 37.8 Å². The minimum atomic E-state index is -2.42. The fourth-order valence-electron chi connectivity index (χ4n) is 0. The van der Waals surface area contributed by atoms with Gasteiger partial charge in [-0.25, -0.2) is 0 Å². The quantitative estimate of drug-likeness (QED) is 0.497. The molecule has 0 fully saturated rings. The van der Waals surface area contributed by atoms with E-state index in [1.165, 1.54) is 0 Å². The first-order valence-corrected chi connectivity index (χ1v) is 2.97. The third kappa shape index (κ3) is 9.09. The summed E-state index contributed by atoms with van der Waals surface area (Å²) in [6.07, 6.45) is 0. The monoisotopic (exact) mass is 382 g/mol. The summed E-state index contributed by atoms with van der Waals surface area (Å²) in [5.74, 6) is 0. The van der Waals surface area contributed by atoms with Crippen LogP contribution in [0.15, 0.2) is 0 Å². The molecule has 4 heteroatoms. The van der Waals surface area contributed by atoms with Crippen molar-refractivity contribution in [3.63, 3.8) is 0 Å². The molecule has 0 bridgehead atoms. The molecule has 0 saturated heterocycles. The Morgan fingerprint density at radius 3 is 1.25 bits per heavy atom. The van der Waals surface area contributed by atoms with Crippen LogP contribution in [0.1, 0.15) is 0 Å². The second kappa shape index (κ2) is 8.86. The van der Waals surface area contributed by atoms with Crippen LogP contribution in [0.2, 0.25) is 0 Å². The molecular weight excluding hydrogens is 379 g/mol. The van der Waals surface area contributed by atoms with Crippen molar-refractivity contribution in [3.05, 3.63) is 0 Å². The molecule has 0 aromatic carbocycles. The Balaban J connectivity index is 0. The van der Waals surface area contributed by atoms with Gasteiger partial charge in [-0.15, -0.1) is 0 Å². The second-order valence-electron chi connectivity index (χ2n) is 0.0833. The van der Waals surface area contributed by atoms with Gasteiger partial charge >= 0.3 is 67.0 Å². The molecule has 0 atom stereocenters. The molecule has 0 aliphatic rings. The average molecular weight is 381 g/mol. The van der Waals surface area contributed by atoms with E-state index in [1.807, 2.05) is 0 Å². The molecule has 4 heavy (non-hydrogen) atoms. The van der Waals surface area contributed by atoms with E-state index in [2.05, 4.69) is 0 Å². The predicted octanol–water partition coefficient (Wildman–Crippen LogP) is -1.15. The third-order valence-electron chi connectivity index (χ3n) is 0. The zero-order valence-corrected chi connectivity index (χ0v) is 10.7. The van der Waals surface area contributed by atoms with Crippen LogP contribution in [0.25, 0.3) is 0 Å². The summed E-state index contributed by atoms with van der Waals surface area (Å²) in [6, 6.07) is 0. The van der Waals surface area contributed by atoms with Crippen molar-refractivity contribution >= 4 is 27.3 Å². The molecule has 0 amide bonds. The molecule has 0 heterocycles. The van der Waals surface area contributed by atoms with Crippen molar-refractivity contribution in [2.45, 2.75) is 0 Å². The molecule has 2 radical (unpaired) electrons. The summed E-state index contributed by atoms with van der Waals surface area (Å²) in [5, 5.41) is 0. The molecule has 0 aromatic heterocycles. The van der Waals surface area contributed by atoms with Gasteiger partial charge in [0.15, 0.2) is 0 Å². The van der Waals surface area contributed by atoms with Gasteiger partial charge in [0, 0.05) is 0 Å². The Bertz CT molecular complexity index is 27.0. The molecule has 0 aliphatic heterocycles. The van der Waals surface area contributed by atoms with E-state index in [4.69, 9.17) is 1.88 Å². The minimum absolute atomic E-state index is 0. The van der Waals surface area contributed by atoms with Crippen molar-refractivity contribution in [3.8, 4) is 0 Å². The van der Waals surface area contributed by atoms with Crippen LogP contribution in [0.4, 0.5) is 0 Å². The van der Waals surface area contributed by atoms with Gasteiger partial charge in [0.25, 0.3) is 0 Å². The molecule has 0 N–H and O–H groups in total. The fourth-order valence-corrected chi connectivity index (χ4v) is 0. The summed E-state index contributed by atoms with van der Waals surface area (Å²) in [5.41, 5.74) is 0. The molecule has 0 saturated carbocycles. The topological polar surface area (TPSA) is 34.1 Å². The van der Waals surface area contributed by atoms with Crippen molar-refractivity contribution in [1.82, 2.24) is 0 Å². The number of rotatable bonds is 0. The van der Waals surface area contributed by atoms with Gasteiger partial charge in [-0.2, -0.15) is 0 Å². The van der Waals surface area contributed by atoms with Crippen molar-refractivity contribution < 1.29 is 39.7 Å². The summed E-state index contributed by atoms with van der Waals surface area (Å²) < 4.78 is 17.1. The first kappa shape index (κ1) is 9.31. The fraction of sp³-hybridized carbons (Fsp3) is 0. The molecule has 0 aliphatic carbocycles. The van der Waals surface area contributed by atoms with Gasteiger partial charge in [-0.3, -0.25) is 0 Å². The van der Waals surface area contributed by atoms with E-state index in [0.717, 1.165) is 0 Å². The predicted molar refractivity (Wildman–Crippen MR) is 9.92 cm³/mol. The molecule has 0 rings (SSSR count). The van der Waals surface area contributed by atoms with E-state index < -0.39 is 37.8 Å². The van der Waals surface area contributed by atoms with Gasteiger partial charge in [0.05, 0.1) is 0 Å². The van der Waals surface area contributed by atoms with Crippen LogP contribution in [0.5, 0.6) is 0 Å².